The zero-order valence-electron chi connectivity index (χ0n) is 14.9. The van der Waals surface area contributed by atoms with Crippen molar-refractivity contribution in [2.24, 2.45) is 0 Å². The van der Waals surface area contributed by atoms with Gasteiger partial charge in [0.05, 0.1) is 11.8 Å². The molecular formula is C17H27N3O3S. The molecule has 0 saturated heterocycles. The van der Waals surface area contributed by atoms with E-state index in [4.69, 9.17) is 21.7 Å². The van der Waals surface area contributed by atoms with E-state index in [2.05, 4.69) is 16.0 Å². The van der Waals surface area contributed by atoms with Crippen LogP contribution in [0.5, 0.6) is 5.75 Å². The molecule has 0 bridgehead atoms. The molecule has 0 radical (unpaired) electrons. The molecule has 0 unspecified atom stereocenters. The molecule has 0 spiro atoms. The molecule has 1 amide bonds. The lowest BCUT2D eigenvalue weighted by molar-refractivity contribution is 0.0529. The first-order valence-corrected chi connectivity index (χ1v) is 8.35. The Morgan fingerprint density at radius 3 is 2.42 bits per heavy atom. The van der Waals surface area contributed by atoms with E-state index < -0.39 is 11.7 Å². The van der Waals surface area contributed by atoms with E-state index in [0.29, 0.717) is 18.2 Å². The lowest BCUT2D eigenvalue weighted by Crippen LogP contribution is -2.39. The van der Waals surface area contributed by atoms with Crippen molar-refractivity contribution in [3.05, 3.63) is 24.3 Å². The lowest BCUT2D eigenvalue weighted by Gasteiger charge is -2.20. The largest absolute Gasteiger partial charge is 0.489 e. The molecule has 1 rings (SSSR count). The van der Waals surface area contributed by atoms with Crippen LogP contribution in [0.3, 0.4) is 0 Å². The van der Waals surface area contributed by atoms with Crippen LogP contribution in [-0.2, 0) is 4.74 Å². The fourth-order valence-electron chi connectivity index (χ4n) is 1.75. The molecule has 1 aromatic rings. The maximum Gasteiger partial charge on any atom is 0.407 e. The fourth-order valence-corrected chi connectivity index (χ4v) is 1.96. The summed E-state index contributed by atoms with van der Waals surface area (Å²) in [7, 11) is 0. The van der Waals surface area contributed by atoms with Gasteiger partial charge < -0.3 is 25.4 Å². The molecule has 6 nitrogen and oxygen atoms in total. The van der Waals surface area contributed by atoms with Gasteiger partial charge in [-0.05, 0) is 59.0 Å². The fraction of sp³-hybridized carbons (Fsp3) is 0.529. The second-order valence-electron chi connectivity index (χ2n) is 6.47. The third kappa shape index (κ3) is 8.57. The zero-order chi connectivity index (χ0) is 18.2. The maximum absolute atomic E-state index is 11.5. The third-order valence-electron chi connectivity index (χ3n) is 2.58. The molecule has 0 aromatic heterocycles. The number of anilines is 1. The van der Waals surface area contributed by atoms with E-state index in [9.17, 15) is 4.79 Å². The summed E-state index contributed by atoms with van der Waals surface area (Å²) >= 11 is 5.25. The van der Waals surface area contributed by atoms with E-state index in [-0.39, 0.29) is 6.10 Å². The molecule has 0 aliphatic rings. The van der Waals surface area contributed by atoms with Crippen molar-refractivity contribution < 1.29 is 14.3 Å². The minimum atomic E-state index is -0.505. The topological polar surface area (TPSA) is 71.6 Å². The first-order valence-electron chi connectivity index (χ1n) is 7.95. The van der Waals surface area contributed by atoms with Crippen molar-refractivity contribution >= 4 is 29.1 Å². The Labute approximate surface area is 149 Å². The highest BCUT2D eigenvalue weighted by Gasteiger charge is 2.15. The molecule has 0 aliphatic heterocycles. The van der Waals surface area contributed by atoms with E-state index in [1.54, 1.807) is 0 Å². The minimum Gasteiger partial charge on any atom is -0.489 e. The van der Waals surface area contributed by atoms with E-state index in [1.165, 1.54) is 0 Å². The van der Waals surface area contributed by atoms with Gasteiger partial charge in [-0.25, -0.2) is 4.79 Å². The van der Waals surface area contributed by atoms with Gasteiger partial charge in [-0.1, -0.05) is 12.1 Å². The average molecular weight is 353 g/mol. The van der Waals surface area contributed by atoms with Crippen molar-refractivity contribution in [3.63, 3.8) is 0 Å². The van der Waals surface area contributed by atoms with E-state index >= 15 is 0 Å². The van der Waals surface area contributed by atoms with Crippen LogP contribution in [0, 0.1) is 0 Å². The summed E-state index contributed by atoms with van der Waals surface area (Å²) in [6, 6.07) is 7.59. The minimum absolute atomic E-state index is 0.0764. The quantitative estimate of drug-likeness (QED) is 0.538. The van der Waals surface area contributed by atoms with Crippen LogP contribution in [0.25, 0.3) is 0 Å². The Morgan fingerprint density at radius 1 is 1.17 bits per heavy atom. The molecule has 134 valence electrons. The first kappa shape index (κ1) is 20.0. The molecule has 0 fully saturated rings. The van der Waals surface area contributed by atoms with Gasteiger partial charge in [0.25, 0.3) is 0 Å². The molecule has 24 heavy (non-hydrogen) atoms. The normalized spacial score (nSPS) is 10.9. The van der Waals surface area contributed by atoms with Gasteiger partial charge in [0.2, 0.25) is 0 Å². The highest BCUT2D eigenvalue weighted by atomic mass is 32.1. The van der Waals surface area contributed by atoms with Crippen molar-refractivity contribution in [1.29, 1.82) is 0 Å². The third-order valence-corrected chi connectivity index (χ3v) is 2.82. The summed E-state index contributed by atoms with van der Waals surface area (Å²) in [5, 5.41) is 9.24. The summed E-state index contributed by atoms with van der Waals surface area (Å²) in [6.45, 7) is 10.3. The van der Waals surface area contributed by atoms with Gasteiger partial charge >= 0.3 is 6.09 Å². The number of hydrogen-bond acceptors (Lipinski definition) is 4. The Hall–Kier alpha value is -2.02. The number of benzene rings is 1. The van der Waals surface area contributed by atoms with Crippen molar-refractivity contribution in [2.45, 2.75) is 46.3 Å². The zero-order valence-corrected chi connectivity index (χ0v) is 15.8. The molecular weight excluding hydrogens is 326 g/mol. The van der Waals surface area contributed by atoms with Crippen LogP contribution < -0.4 is 20.7 Å². The highest BCUT2D eigenvalue weighted by molar-refractivity contribution is 7.80. The van der Waals surface area contributed by atoms with Crippen LogP contribution in [-0.4, -0.2) is 36.0 Å². The van der Waals surface area contributed by atoms with Crippen molar-refractivity contribution in [2.75, 3.05) is 18.4 Å². The molecule has 7 heteroatoms. The van der Waals surface area contributed by atoms with Gasteiger partial charge in [0.15, 0.2) is 5.11 Å². The van der Waals surface area contributed by atoms with E-state index in [0.717, 1.165) is 11.4 Å². The lowest BCUT2D eigenvalue weighted by atomic mass is 10.2. The number of para-hydroxylation sites is 2. The standard InChI is InChI=1S/C17H27N3O3S/c1-12(2)22-14-9-7-6-8-13(14)20-15(24)18-10-11-19-16(21)23-17(3,4)5/h6-9,12H,10-11H2,1-5H3,(H,19,21)(H2,18,20,24). The van der Waals surface area contributed by atoms with Crippen LogP contribution in [0.4, 0.5) is 10.5 Å². The number of hydrogen-bond donors (Lipinski definition) is 3. The van der Waals surface area contributed by atoms with Crippen LogP contribution in [0.1, 0.15) is 34.6 Å². The number of ether oxygens (including phenoxy) is 2. The van der Waals surface area contributed by atoms with Gasteiger partial charge in [-0.3, -0.25) is 0 Å². The Bertz CT molecular complexity index is 556. The molecule has 1 aromatic carbocycles. The van der Waals surface area contributed by atoms with Crippen molar-refractivity contribution in [1.82, 2.24) is 10.6 Å². The monoisotopic (exact) mass is 353 g/mol. The number of alkyl carbamates (subject to hydrolysis) is 1. The summed E-state index contributed by atoms with van der Waals surface area (Å²) in [5.41, 5.74) is 0.290. The molecule has 0 heterocycles. The highest BCUT2D eigenvalue weighted by Crippen LogP contribution is 2.24. The van der Waals surface area contributed by atoms with Crippen molar-refractivity contribution in [3.8, 4) is 5.75 Å². The van der Waals surface area contributed by atoms with Crippen LogP contribution >= 0.6 is 12.2 Å². The summed E-state index contributed by atoms with van der Waals surface area (Å²) in [6.07, 6.45) is -0.369. The molecule has 0 aliphatic carbocycles. The second-order valence-corrected chi connectivity index (χ2v) is 6.88. The number of thiocarbonyl (C=S) groups is 1. The van der Waals surface area contributed by atoms with Crippen LogP contribution in [0.15, 0.2) is 24.3 Å². The van der Waals surface area contributed by atoms with E-state index in [1.807, 2.05) is 58.9 Å². The number of amides is 1. The Morgan fingerprint density at radius 2 is 1.79 bits per heavy atom. The number of carbonyl (C=O) groups is 1. The average Bonchev–Trinajstić information content (AvgIpc) is 2.43. The van der Waals surface area contributed by atoms with Crippen LogP contribution in [0.2, 0.25) is 0 Å². The van der Waals surface area contributed by atoms with Gasteiger partial charge in [0.1, 0.15) is 11.4 Å². The summed E-state index contributed by atoms with van der Waals surface area (Å²) < 4.78 is 10.9. The number of rotatable bonds is 6. The molecule has 0 saturated carbocycles. The summed E-state index contributed by atoms with van der Waals surface area (Å²) in [5.74, 6) is 0.739. The number of nitrogens with one attached hydrogen (secondary N) is 3. The maximum atomic E-state index is 11.5. The molecule has 3 N–H and O–H groups in total. The molecule has 0 atom stereocenters. The SMILES string of the molecule is CC(C)Oc1ccccc1NC(=S)NCCNC(=O)OC(C)(C)C. The second kappa shape index (κ2) is 9.32. The predicted molar refractivity (Wildman–Crippen MR) is 101 cm³/mol. The smallest absolute Gasteiger partial charge is 0.407 e. The Kier molecular flexibility index (Phi) is 7.78. The Balaban J connectivity index is 2.36. The summed E-state index contributed by atoms with van der Waals surface area (Å²) in [4.78, 5) is 11.5. The van der Waals surface area contributed by atoms with Gasteiger partial charge in [0, 0.05) is 13.1 Å². The van der Waals surface area contributed by atoms with Gasteiger partial charge in [-0.15, -0.1) is 0 Å². The predicted octanol–water partition coefficient (Wildman–Crippen LogP) is 3.28. The number of carbonyl (C=O) groups excluding carboxylic acids is 1. The first-order chi connectivity index (χ1) is 11.2. The van der Waals surface area contributed by atoms with Gasteiger partial charge in [-0.2, -0.15) is 0 Å².